The van der Waals surface area contributed by atoms with Crippen LogP contribution in [0.4, 0.5) is 11.6 Å². The largest absolute Gasteiger partial charge is 1.00 e. The number of nitrogen functional groups attached to an aromatic ring is 2. The van der Waals surface area contributed by atoms with Gasteiger partial charge >= 0.3 is 147 Å². The number of hydrogen-bond donors (Lipinski definition) is 10. The number of nitrogens with zero attached hydrogens (tertiary/aromatic N) is 8. The smallest absolute Gasteiger partial charge is 0.387 e. The molecular formula is C20H26I2N10Na4O17P4S2+4. The number of aliphatic hydroxyl groups excluding tert-OH is 4. The molecule has 0 spiro atoms. The van der Waals surface area contributed by atoms with Crippen LogP contribution in [-0.2, 0) is 57.0 Å². The molecule has 0 saturated carbocycles. The van der Waals surface area contributed by atoms with E-state index in [1.807, 2.05) is 0 Å². The van der Waals surface area contributed by atoms with E-state index in [4.69, 9.17) is 30.0 Å². The van der Waals surface area contributed by atoms with Crippen molar-refractivity contribution in [3.63, 3.8) is 0 Å². The standard InChI is InChI=1S/C20H26I2N10O17P4S2.4Na/c21-19-27-13(23)7-15(29-19)31(3-25-7)17-11(35)9(33)5(45-17)1-43-52(41,54)48-50(37,38)47-51(39,40)49-53(42,55)44-2-6-10(34)12(36)18(46-6)32-4-26-8-14(24)28-20(22)30-16(8)32;;;;/h3-6,9-12,17-18,33-36H,1-2H2,(H,37,38)(H,39,40)(H,41,54)(H,42,55)(H2,23,27,29)(H2,24,28,30);;;;/q;4*+1/t5-,6-,9-,10-,11-,12-,17-,18-,52?,53?;;;;/m1..../s1. The summed E-state index contributed by atoms with van der Waals surface area (Å²) in [6.07, 6.45) is -9.86. The fourth-order valence-corrected chi connectivity index (χ4v) is 13.1. The monoisotopic (exact) mass is 1210 g/mol. The number of halogens is 2. The van der Waals surface area contributed by atoms with Crippen LogP contribution >= 0.6 is 86.6 Å². The Morgan fingerprint density at radius 2 is 1.08 bits per heavy atom. The van der Waals surface area contributed by atoms with E-state index < -0.39 is 91.5 Å². The first-order chi connectivity index (χ1) is 25.5. The number of imidazole rings is 2. The van der Waals surface area contributed by atoms with Crippen molar-refractivity contribution < 1.29 is 198 Å². The first-order valence-electron chi connectivity index (χ1n) is 14.5. The predicted molar refractivity (Wildman–Crippen MR) is 205 cm³/mol. The van der Waals surface area contributed by atoms with E-state index in [9.17, 15) is 48.8 Å². The Morgan fingerprint density at radius 3 is 1.51 bits per heavy atom. The maximum Gasteiger partial charge on any atom is 1.00 e. The molecule has 0 amide bonds. The molecule has 6 rings (SSSR count). The van der Waals surface area contributed by atoms with Gasteiger partial charge in [-0.2, -0.15) is 8.62 Å². The van der Waals surface area contributed by atoms with Gasteiger partial charge in [0.05, 0.1) is 25.9 Å². The number of phosphoric acid groups is 2. The van der Waals surface area contributed by atoms with Gasteiger partial charge in [0.25, 0.3) is 0 Å². The van der Waals surface area contributed by atoms with Crippen LogP contribution in [0.2, 0.25) is 0 Å². The Hall–Kier alpha value is 3.29. The molecule has 4 unspecified atom stereocenters. The molecular weight excluding hydrogens is 1190 g/mol. The van der Waals surface area contributed by atoms with Gasteiger partial charge in [-0.3, -0.25) is 13.7 Å². The van der Waals surface area contributed by atoms with Crippen LogP contribution in [0.15, 0.2) is 12.7 Å². The quantitative estimate of drug-likeness (QED) is 0.0184. The number of thiol groups is 1. The molecule has 0 radical (unpaired) electrons. The molecule has 59 heavy (non-hydrogen) atoms. The molecule has 2 fully saturated rings. The molecule has 0 aromatic carbocycles. The summed E-state index contributed by atoms with van der Waals surface area (Å²) >= 11 is 11.8. The number of aliphatic hydroxyl groups is 4. The second kappa shape index (κ2) is 23.1. The van der Waals surface area contributed by atoms with Crippen LogP contribution in [0, 0.1) is 7.66 Å². The van der Waals surface area contributed by atoms with Crippen molar-refractivity contribution >= 4 is 132 Å². The fourth-order valence-electron chi connectivity index (χ4n) is 5.19. The Balaban J connectivity index is 0.00000300. The molecule has 0 aliphatic carbocycles. The van der Waals surface area contributed by atoms with E-state index >= 15 is 0 Å². The molecule has 39 heteroatoms. The number of ether oxygens (including phenoxy) is 2. The van der Waals surface area contributed by atoms with Crippen molar-refractivity contribution in [3.05, 3.63) is 20.3 Å². The van der Waals surface area contributed by atoms with Crippen molar-refractivity contribution in [2.24, 2.45) is 0 Å². The van der Waals surface area contributed by atoms with Crippen LogP contribution in [0.25, 0.3) is 22.3 Å². The molecule has 27 nitrogen and oxygen atoms in total. The average molecular weight is 1210 g/mol. The van der Waals surface area contributed by atoms with Crippen LogP contribution in [0.3, 0.4) is 0 Å². The molecule has 4 aromatic heterocycles. The number of nitrogens with two attached hydrogens (primary N) is 2. The average Bonchev–Trinajstić information content (AvgIpc) is 3.79. The van der Waals surface area contributed by atoms with Gasteiger partial charge in [0.15, 0.2) is 43.0 Å². The zero-order valence-corrected chi connectivity index (χ0v) is 48.1. The molecule has 2 saturated heterocycles. The Morgan fingerprint density at radius 1 is 0.695 bits per heavy atom. The maximum atomic E-state index is 12.8. The second-order valence-electron chi connectivity index (χ2n) is 11.2. The van der Waals surface area contributed by atoms with E-state index in [0.717, 1.165) is 0 Å². The minimum absolute atomic E-state index is 0. The van der Waals surface area contributed by atoms with Crippen molar-refractivity contribution in [3.8, 4) is 0 Å². The first-order valence-corrected chi connectivity index (χ1v) is 25.0. The van der Waals surface area contributed by atoms with Crippen molar-refractivity contribution in [1.29, 1.82) is 0 Å². The van der Waals surface area contributed by atoms with Crippen molar-refractivity contribution in [2.75, 3.05) is 24.7 Å². The number of aromatic nitrogens is 8. The molecule has 12 atom stereocenters. The number of hydrogen-bond acceptors (Lipinski definition) is 23. The summed E-state index contributed by atoms with van der Waals surface area (Å²) in [6.45, 7) is -11.7. The minimum Gasteiger partial charge on any atom is -0.387 e. The summed E-state index contributed by atoms with van der Waals surface area (Å²) in [4.78, 5) is 55.0. The Kier molecular flexibility index (Phi) is 22.8. The summed E-state index contributed by atoms with van der Waals surface area (Å²) in [5.41, 5.74) is 12.3. The zero-order valence-electron chi connectivity index (χ0n) is 30.5. The minimum atomic E-state index is -5.94. The van der Waals surface area contributed by atoms with Gasteiger partial charge in [-0.15, -0.1) is 0 Å². The van der Waals surface area contributed by atoms with Crippen molar-refractivity contribution in [1.82, 2.24) is 39.0 Å². The predicted octanol–water partition coefficient (Wildman–Crippen LogP) is -12.2. The summed E-state index contributed by atoms with van der Waals surface area (Å²) in [5, 5.41) is 42.4. The zero-order chi connectivity index (χ0) is 40.4. The Labute approximate surface area is 457 Å². The maximum absolute atomic E-state index is 12.8. The van der Waals surface area contributed by atoms with Crippen LogP contribution in [0.1, 0.15) is 12.5 Å². The number of anilines is 2. The first kappa shape index (κ1) is 58.4. The normalized spacial score (nSPS) is 28.2. The van der Waals surface area contributed by atoms with E-state index in [-0.39, 0.29) is 160 Å². The molecule has 0 bridgehead atoms. The van der Waals surface area contributed by atoms with Crippen LogP contribution in [0.5, 0.6) is 0 Å². The number of rotatable bonds is 14. The van der Waals surface area contributed by atoms with Crippen LogP contribution in [-0.4, -0.2) is 124 Å². The summed E-state index contributed by atoms with van der Waals surface area (Å²) in [6, 6.07) is 0. The van der Waals surface area contributed by atoms with E-state index in [1.165, 1.54) is 21.8 Å². The fraction of sp³-hybridized carbons (Fsp3) is 0.500. The van der Waals surface area contributed by atoms with Gasteiger partial charge in [0.1, 0.15) is 47.7 Å². The van der Waals surface area contributed by atoms with Gasteiger partial charge in [-0.1, -0.05) is 12.2 Å². The molecule has 6 heterocycles. The summed E-state index contributed by atoms with van der Waals surface area (Å²) < 4.78 is 74.7. The van der Waals surface area contributed by atoms with Crippen LogP contribution < -0.4 is 130 Å². The molecule has 11 N–H and O–H groups in total. The second-order valence-corrected chi connectivity index (χ2v) is 22.2. The number of fused-ring (bicyclic) bond motifs is 2. The van der Waals surface area contributed by atoms with E-state index in [1.54, 1.807) is 45.2 Å². The molecule has 304 valence electrons. The van der Waals surface area contributed by atoms with Gasteiger partial charge in [0.2, 0.25) is 0 Å². The summed E-state index contributed by atoms with van der Waals surface area (Å²) in [5.74, 6) is 0.0604. The van der Waals surface area contributed by atoms with Gasteiger partial charge < -0.3 is 60.6 Å². The van der Waals surface area contributed by atoms with E-state index in [2.05, 4.69) is 66.9 Å². The van der Waals surface area contributed by atoms with Gasteiger partial charge in [-0.05, 0) is 11.8 Å². The third kappa shape index (κ3) is 14.2. The van der Waals surface area contributed by atoms with Gasteiger partial charge in [0, 0.05) is 45.2 Å². The Bertz CT molecular complexity index is 2180. The summed E-state index contributed by atoms with van der Waals surface area (Å²) in [7, 11) is -11.9. The van der Waals surface area contributed by atoms with E-state index in [0.29, 0.717) is 0 Å². The molecule has 2 aliphatic heterocycles. The topological polar surface area (TPSA) is 397 Å². The molecule has 4 aromatic rings. The van der Waals surface area contributed by atoms with Gasteiger partial charge in [-0.25, -0.2) is 47.9 Å². The third-order valence-corrected chi connectivity index (χ3v) is 16.3. The third-order valence-electron chi connectivity index (χ3n) is 7.49. The molecule has 2 aliphatic rings. The SMILES string of the molecule is Nc1nc(I)nc2c1ncn2[C@@H]1O[C@H](COP(=O)(S)OP(=O)(O)OP(=O)(O)OP(O)(=S)OC[C@H]2O[C@@H](n3cnc4c(N)nc(I)nc43)[C@H](O)[C@@H]2O)[C@@H](O)[C@H]1O.[Na+].[Na+].[Na+].[Na+]. The van der Waals surface area contributed by atoms with Crippen molar-refractivity contribution in [2.45, 2.75) is 49.1 Å².